The van der Waals surface area contributed by atoms with E-state index in [0.29, 0.717) is 11.8 Å². The van der Waals surface area contributed by atoms with E-state index in [9.17, 15) is 0 Å². The van der Waals surface area contributed by atoms with Gasteiger partial charge in [-0.05, 0) is 231 Å². The second-order valence-corrected chi connectivity index (χ2v) is 23.7. The predicted molar refractivity (Wildman–Crippen MR) is 281 cm³/mol. The summed E-state index contributed by atoms with van der Waals surface area (Å²) >= 11 is 0. The molecule has 344 valence electrons. The van der Waals surface area contributed by atoms with Crippen molar-refractivity contribution in [2.45, 2.75) is 127 Å². The van der Waals surface area contributed by atoms with Crippen LogP contribution in [0.15, 0.2) is 140 Å². The maximum absolute atomic E-state index is 6.77. The maximum atomic E-state index is 6.77. The number of nitrogens with zero attached hydrogens (tertiary/aromatic N) is 2. The van der Waals surface area contributed by atoms with Crippen LogP contribution in [0.4, 0.5) is 0 Å². The zero-order valence-electron chi connectivity index (χ0n) is 40.8. The summed E-state index contributed by atoms with van der Waals surface area (Å²) in [4.78, 5) is 10.4. The van der Waals surface area contributed by atoms with Gasteiger partial charge in [0.2, 0.25) is 0 Å². The van der Waals surface area contributed by atoms with Gasteiger partial charge in [0, 0.05) is 34.6 Å². The van der Waals surface area contributed by atoms with Crippen LogP contribution in [0.1, 0.15) is 138 Å². The Morgan fingerprint density at radius 3 is 1.12 bits per heavy atom. The molecule has 8 aliphatic carbocycles. The summed E-state index contributed by atoms with van der Waals surface area (Å²) in [5, 5.41) is 0. The van der Waals surface area contributed by atoms with Crippen molar-refractivity contribution in [3.8, 4) is 67.0 Å². The molecule has 1 saturated heterocycles. The number of aromatic nitrogens is 2. The smallest absolute Gasteiger partial charge is 0.399 e. The Hall–Kier alpha value is -5.62. The highest BCUT2D eigenvalue weighted by Gasteiger charge is 2.52. The first kappa shape index (κ1) is 42.3. The highest BCUT2D eigenvalue weighted by Crippen LogP contribution is 2.58. The first-order valence-corrected chi connectivity index (χ1v) is 26.5. The second kappa shape index (κ2) is 16.0. The van der Waals surface area contributed by atoms with E-state index < -0.39 is 18.3 Å². The molecule has 4 saturated carbocycles. The first-order valence-electron chi connectivity index (χ1n) is 26.5. The second-order valence-electron chi connectivity index (χ2n) is 23.7. The van der Waals surface area contributed by atoms with E-state index >= 15 is 0 Å². The fourth-order valence-electron chi connectivity index (χ4n) is 15.1. The van der Waals surface area contributed by atoms with Crippen molar-refractivity contribution >= 4 is 12.6 Å². The minimum atomic E-state index is -0.521. The van der Waals surface area contributed by atoms with Gasteiger partial charge in [-0.25, -0.2) is 0 Å². The Bertz CT molecular complexity index is 2920. The van der Waals surface area contributed by atoms with Crippen LogP contribution in [-0.2, 0) is 9.31 Å². The molecule has 4 unspecified atom stereocenters. The van der Waals surface area contributed by atoms with Crippen molar-refractivity contribution in [2.24, 2.45) is 23.7 Å². The molecule has 8 bridgehead atoms. The van der Waals surface area contributed by atoms with Crippen molar-refractivity contribution in [1.82, 2.24) is 9.97 Å². The van der Waals surface area contributed by atoms with E-state index in [2.05, 4.69) is 167 Å². The van der Waals surface area contributed by atoms with Gasteiger partial charge in [0.25, 0.3) is 0 Å². The molecular weight excluding hydrogens is 840 g/mol. The van der Waals surface area contributed by atoms with Gasteiger partial charge in [0.05, 0.1) is 22.6 Å². The van der Waals surface area contributed by atoms with Gasteiger partial charge in [-0.2, -0.15) is 0 Å². The highest BCUT2D eigenvalue weighted by atomic mass is 16.7. The lowest BCUT2D eigenvalue weighted by atomic mass is 9.67. The topological polar surface area (TPSA) is 44.2 Å². The standard InChI is InChI=1S/C64H63BN2O2/c1-63(2)64(3,4)69-65(68-63)52-32-50(55-11-7-5-9-53(55)44-15-19-61(66-36-44)42-13-17-57-46-23-38-21-39(24-46)28-48(27-38)59(57)34-42)31-51(33-52)56-12-8-6-10-54(56)45-16-20-62(67-37-45)43-14-18-58-47-25-40-22-41(26-47)30-49(29-40)60(58)35-43/h5-20,31-41,46-49H,21-30H2,1-4H3. The zero-order chi connectivity index (χ0) is 46.2. The minimum absolute atomic E-state index is 0.475. The molecule has 0 N–H and O–H groups in total. The monoisotopic (exact) mass is 902 g/mol. The molecule has 4 atom stereocenters. The largest absolute Gasteiger partial charge is 0.494 e. The summed E-state index contributed by atoms with van der Waals surface area (Å²) in [6.45, 7) is 8.53. The summed E-state index contributed by atoms with van der Waals surface area (Å²) in [5.74, 6) is 6.58. The number of hydrogen-bond donors (Lipinski definition) is 0. The maximum Gasteiger partial charge on any atom is 0.494 e. The van der Waals surface area contributed by atoms with Crippen LogP contribution in [0, 0.1) is 23.7 Å². The van der Waals surface area contributed by atoms with Crippen LogP contribution in [0.3, 0.4) is 0 Å². The van der Waals surface area contributed by atoms with E-state index in [4.69, 9.17) is 19.3 Å². The minimum Gasteiger partial charge on any atom is -0.399 e. The molecule has 5 fully saturated rings. The average molecular weight is 903 g/mol. The van der Waals surface area contributed by atoms with Gasteiger partial charge in [0.15, 0.2) is 0 Å². The zero-order valence-corrected chi connectivity index (χ0v) is 40.8. The Balaban J connectivity index is 0.811. The molecule has 3 heterocycles. The highest BCUT2D eigenvalue weighted by molar-refractivity contribution is 6.62. The quantitative estimate of drug-likeness (QED) is 0.150. The number of pyridine rings is 2. The van der Waals surface area contributed by atoms with Crippen LogP contribution >= 0.6 is 0 Å². The lowest BCUT2D eigenvalue weighted by Gasteiger charge is -2.38. The molecule has 0 radical (unpaired) electrons. The molecule has 9 aliphatic rings. The molecule has 0 amide bonds. The molecule has 7 aromatic rings. The van der Waals surface area contributed by atoms with E-state index in [1.807, 2.05) is 0 Å². The van der Waals surface area contributed by atoms with E-state index in [-0.39, 0.29) is 0 Å². The lowest BCUT2D eigenvalue weighted by molar-refractivity contribution is 0.00578. The van der Waals surface area contributed by atoms with Gasteiger partial charge in [-0.3, -0.25) is 9.97 Å². The Labute approximate surface area is 409 Å². The van der Waals surface area contributed by atoms with Gasteiger partial charge >= 0.3 is 7.12 Å². The third kappa shape index (κ3) is 7.23. The molecule has 16 rings (SSSR count). The van der Waals surface area contributed by atoms with Crippen molar-refractivity contribution in [2.75, 3.05) is 0 Å². The third-order valence-electron chi connectivity index (χ3n) is 18.9. The van der Waals surface area contributed by atoms with E-state index in [1.165, 1.54) is 75.3 Å². The van der Waals surface area contributed by atoms with Crippen molar-refractivity contribution in [3.05, 3.63) is 162 Å². The van der Waals surface area contributed by atoms with Crippen LogP contribution < -0.4 is 5.46 Å². The van der Waals surface area contributed by atoms with E-state index in [0.717, 1.165) is 96.9 Å². The van der Waals surface area contributed by atoms with Crippen molar-refractivity contribution in [3.63, 3.8) is 0 Å². The lowest BCUT2D eigenvalue weighted by Crippen LogP contribution is -2.41. The molecule has 5 heteroatoms. The summed E-state index contributed by atoms with van der Waals surface area (Å²) in [5.41, 5.74) is 20.1. The number of benzene rings is 5. The summed E-state index contributed by atoms with van der Waals surface area (Å²) in [7, 11) is -0.521. The Kier molecular flexibility index (Phi) is 9.78. The van der Waals surface area contributed by atoms with Crippen molar-refractivity contribution < 1.29 is 9.31 Å². The van der Waals surface area contributed by atoms with Crippen molar-refractivity contribution in [1.29, 1.82) is 0 Å². The molecular formula is C64H63BN2O2. The fourth-order valence-corrected chi connectivity index (χ4v) is 15.1. The number of hydrogen-bond acceptors (Lipinski definition) is 4. The van der Waals surface area contributed by atoms with Crippen LogP contribution in [0.2, 0.25) is 0 Å². The van der Waals surface area contributed by atoms with Gasteiger partial charge < -0.3 is 9.31 Å². The predicted octanol–water partition coefficient (Wildman–Crippen LogP) is 15.6. The van der Waals surface area contributed by atoms with Crippen LogP contribution in [0.25, 0.3) is 67.0 Å². The van der Waals surface area contributed by atoms with Gasteiger partial charge in [-0.15, -0.1) is 0 Å². The summed E-state index contributed by atoms with van der Waals surface area (Å²) < 4.78 is 13.5. The first-order chi connectivity index (χ1) is 33.6. The average Bonchev–Trinajstić information content (AvgIpc) is 3.46. The molecule has 2 aromatic heterocycles. The molecule has 5 aromatic carbocycles. The van der Waals surface area contributed by atoms with Gasteiger partial charge in [0.1, 0.15) is 0 Å². The van der Waals surface area contributed by atoms with Crippen LogP contribution in [-0.4, -0.2) is 28.3 Å². The number of rotatable bonds is 7. The molecule has 4 nitrogen and oxygen atoms in total. The van der Waals surface area contributed by atoms with Crippen LogP contribution in [0.5, 0.6) is 0 Å². The normalized spacial score (nSPS) is 27.5. The Morgan fingerprint density at radius 2 is 0.739 bits per heavy atom. The SMILES string of the molecule is CC1(C)OB(c2cc(-c3ccccc3-c3ccc(-c4ccc5c(c4)C4CC6CC(CC5C6)C4)nc3)cc(-c3ccccc3-c3ccc(-c4ccc5c(c4)C4CC6CC(CC5C6)C4)nc3)c2)OC1(C)C. The summed E-state index contributed by atoms with van der Waals surface area (Å²) in [6, 6.07) is 48.1. The fraction of sp³-hybridized carbons (Fsp3) is 0.375. The molecule has 1 aliphatic heterocycles. The van der Waals surface area contributed by atoms with E-state index in [1.54, 1.807) is 22.3 Å². The molecule has 69 heavy (non-hydrogen) atoms. The summed E-state index contributed by atoms with van der Waals surface area (Å²) in [6.07, 6.45) is 18.1. The van der Waals surface area contributed by atoms with Gasteiger partial charge in [-0.1, -0.05) is 97.1 Å². The third-order valence-corrected chi connectivity index (χ3v) is 18.9. The molecule has 0 spiro atoms. The Morgan fingerprint density at radius 1 is 0.377 bits per heavy atom.